The molecule has 0 radical (unpaired) electrons. The fraction of sp³-hybridized carbons (Fsp3) is 0.875. The van der Waals surface area contributed by atoms with Crippen LogP contribution in [0.3, 0.4) is 0 Å². The molecule has 0 saturated heterocycles. The van der Waals surface area contributed by atoms with E-state index < -0.39 is 0 Å². The molecule has 2 atom stereocenters. The topological polar surface area (TPSA) is 84.6 Å². The second kappa shape index (κ2) is 4.30. The molecule has 1 saturated carbocycles. The third kappa shape index (κ3) is 2.37. The van der Waals surface area contributed by atoms with Crippen LogP contribution in [0.4, 0.5) is 0 Å². The molecule has 1 aliphatic rings. The maximum absolute atomic E-state index is 8.99. The minimum atomic E-state index is 0.151. The summed E-state index contributed by atoms with van der Waals surface area (Å²) in [5, 5.41) is 8.99. The molecule has 0 spiro atoms. The van der Waals surface area contributed by atoms with E-state index in [-0.39, 0.29) is 12.6 Å². The van der Waals surface area contributed by atoms with Crippen LogP contribution in [0.2, 0.25) is 0 Å². The van der Waals surface area contributed by atoms with E-state index in [1.165, 1.54) is 6.42 Å². The van der Waals surface area contributed by atoms with Gasteiger partial charge in [0.2, 0.25) is 0 Å². The van der Waals surface area contributed by atoms with Crippen LogP contribution in [0.5, 0.6) is 0 Å². The van der Waals surface area contributed by atoms with Crippen LogP contribution < -0.4 is 11.5 Å². The van der Waals surface area contributed by atoms with Crippen LogP contribution in [-0.4, -0.2) is 24.2 Å². The van der Waals surface area contributed by atoms with Crippen molar-refractivity contribution in [2.45, 2.75) is 19.3 Å². The lowest BCUT2D eigenvalue weighted by Gasteiger charge is -2.14. The molecule has 4 heteroatoms. The van der Waals surface area contributed by atoms with E-state index in [4.69, 9.17) is 16.6 Å². The second-order valence-electron chi connectivity index (χ2n) is 3.40. The molecule has 2 unspecified atom stereocenters. The van der Waals surface area contributed by atoms with Crippen molar-refractivity contribution in [2.75, 3.05) is 13.2 Å². The SMILES string of the molecule is NC(N)=NCC1CCCC1CO. The zero-order valence-electron chi connectivity index (χ0n) is 7.24. The molecular weight excluding hydrogens is 154 g/mol. The van der Waals surface area contributed by atoms with Crippen molar-refractivity contribution >= 4 is 5.96 Å². The van der Waals surface area contributed by atoms with E-state index in [1.807, 2.05) is 0 Å². The lowest BCUT2D eigenvalue weighted by Crippen LogP contribution is -2.25. The first kappa shape index (κ1) is 9.32. The first-order chi connectivity index (χ1) is 5.74. The molecule has 1 rings (SSSR count). The van der Waals surface area contributed by atoms with Gasteiger partial charge >= 0.3 is 0 Å². The van der Waals surface area contributed by atoms with E-state index in [9.17, 15) is 0 Å². The molecule has 12 heavy (non-hydrogen) atoms. The number of guanidine groups is 1. The van der Waals surface area contributed by atoms with Gasteiger partial charge in [-0.3, -0.25) is 4.99 Å². The zero-order chi connectivity index (χ0) is 8.97. The molecule has 0 amide bonds. The Morgan fingerprint density at radius 3 is 2.58 bits per heavy atom. The van der Waals surface area contributed by atoms with Crippen molar-refractivity contribution in [1.82, 2.24) is 0 Å². The highest BCUT2D eigenvalue weighted by Crippen LogP contribution is 2.31. The summed E-state index contributed by atoms with van der Waals surface area (Å²) in [5.74, 6) is 1.05. The fourth-order valence-corrected chi connectivity index (χ4v) is 1.82. The summed E-state index contributed by atoms with van der Waals surface area (Å²) in [7, 11) is 0. The Hall–Kier alpha value is -0.770. The fourth-order valence-electron chi connectivity index (χ4n) is 1.82. The molecule has 5 N–H and O–H groups in total. The van der Waals surface area contributed by atoms with E-state index in [2.05, 4.69) is 4.99 Å². The monoisotopic (exact) mass is 171 g/mol. The third-order valence-corrected chi connectivity index (χ3v) is 2.56. The van der Waals surface area contributed by atoms with Crippen LogP contribution in [0.15, 0.2) is 4.99 Å². The van der Waals surface area contributed by atoms with Gasteiger partial charge in [0.1, 0.15) is 0 Å². The second-order valence-corrected chi connectivity index (χ2v) is 3.40. The van der Waals surface area contributed by atoms with Crippen LogP contribution in [-0.2, 0) is 0 Å². The van der Waals surface area contributed by atoms with Crippen LogP contribution in [0.25, 0.3) is 0 Å². The number of aliphatic imine (C=N–C) groups is 1. The van der Waals surface area contributed by atoms with Gasteiger partial charge < -0.3 is 16.6 Å². The summed E-state index contributed by atoms with van der Waals surface area (Å²) in [5.41, 5.74) is 10.4. The highest BCUT2D eigenvalue weighted by molar-refractivity contribution is 5.75. The summed E-state index contributed by atoms with van der Waals surface area (Å²) in [6, 6.07) is 0. The first-order valence-electron chi connectivity index (χ1n) is 4.40. The van der Waals surface area contributed by atoms with Crippen molar-refractivity contribution in [3.63, 3.8) is 0 Å². The van der Waals surface area contributed by atoms with Gasteiger partial charge in [-0.2, -0.15) is 0 Å². The average Bonchev–Trinajstić information content (AvgIpc) is 2.47. The highest BCUT2D eigenvalue weighted by Gasteiger charge is 2.25. The molecule has 0 heterocycles. The number of hydrogen-bond donors (Lipinski definition) is 3. The smallest absolute Gasteiger partial charge is 0.185 e. The van der Waals surface area contributed by atoms with Crippen molar-refractivity contribution in [1.29, 1.82) is 0 Å². The minimum absolute atomic E-state index is 0.151. The molecule has 1 aliphatic carbocycles. The Morgan fingerprint density at radius 1 is 1.33 bits per heavy atom. The minimum Gasteiger partial charge on any atom is -0.396 e. The van der Waals surface area contributed by atoms with Gasteiger partial charge in [-0.1, -0.05) is 6.42 Å². The van der Waals surface area contributed by atoms with E-state index in [0.29, 0.717) is 18.4 Å². The molecule has 4 nitrogen and oxygen atoms in total. The molecule has 1 fully saturated rings. The summed E-state index contributed by atoms with van der Waals surface area (Å²) in [4.78, 5) is 3.97. The van der Waals surface area contributed by atoms with Crippen molar-refractivity contribution in [2.24, 2.45) is 28.3 Å². The van der Waals surface area contributed by atoms with Gasteiger partial charge in [-0.15, -0.1) is 0 Å². The zero-order valence-corrected chi connectivity index (χ0v) is 7.24. The number of aliphatic hydroxyl groups is 1. The number of rotatable bonds is 3. The predicted molar refractivity (Wildman–Crippen MR) is 48.6 cm³/mol. The Bertz CT molecular complexity index is 166. The summed E-state index contributed by atoms with van der Waals surface area (Å²) in [6.45, 7) is 0.943. The van der Waals surface area contributed by atoms with Gasteiger partial charge in [0.15, 0.2) is 5.96 Å². The number of aliphatic hydroxyl groups excluding tert-OH is 1. The number of nitrogens with two attached hydrogens (primary N) is 2. The Kier molecular flexibility index (Phi) is 3.34. The number of hydrogen-bond acceptors (Lipinski definition) is 2. The quantitative estimate of drug-likeness (QED) is 0.401. The summed E-state index contributed by atoms with van der Waals surface area (Å²) in [6.07, 6.45) is 3.44. The predicted octanol–water partition coefficient (Wildman–Crippen LogP) is -0.332. The van der Waals surface area contributed by atoms with Crippen molar-refractivity contribution in [3.8, 4) is 0 Å². The van der Waals surface area contributed by atoms with Gasteiger partial charge in [-0.25, -0.2) is 0 Å². The summed E-state index contributed by atoms with van der Waals surface area (Å²) >= 11 is 0. The molecule has 0 aromatic carbocycles. The molecule has 0 aromatic heterocycles. The standard InChI is InChI=1S/C8H17N3O/c9-8(10)11-4-6-2-1-3-7(6)5-12/h6-7,12H,1-5H2,(H4,9,10,11). The maximum Gasteiger partial charge on any atom is 0.185 e. The lowest BCUT2D eigenvalue weighted by atomic mass is 9.97. The largest absolute Gasteiger partial charge is 0.396 e. The Balaban J connectivity index is 2.35. The number of nitrogens with zero attached hydrogens (tertiary/aromatic N) is 1. The van der Waals surface area contributed by atoms with Crippen LogP contribution >= 0.6 is 0 Å². The van der Waals surface area contributed by atoms with E-state index >= 15 is 0 Å². The van der Waals surface area contributed by atoms with Gasteiger partial charge in [0, 0.05) is 13.2 Å². The first-order valence-corrected chi connectivity index (χ1v) is 4.40. The van der Waals surface area contributed by atoms with Crippen LogP contribution in [0, 0.1) is 11.8 Å². The molecule has 0 aliphatic heterocycles. The third-order valence-electron chi connectivity index (χ3n) is 2.56. The Morgan fingerprint density at radius 2 is 2.00 bits per heavy atom. The molecule has 70 valence electrons. The normalized spacial score (nSPS) is 28.8. The van der Waals surface area contributed by atoms with E-state index in [0.717, 1.165) is 12.8 Å². The van der Waals surface area contributed by atoms with Gasteiger partial charge in [0.25, 0.3) is 0 Å². The molecular formula is C8H17N3O. The maximum atomic E-state index is 8.99. The summed E-state index contributed by atoms with van der Waals surface area (Å²) < 4.78 is 0. The molecule has 0 aromatic rings. The van der Waals surface area contributed by atoms with Crippen molar-refractivity contribution < 1.29 is 5.11 Å². The van der Waals surface area contributed by atoms with Gasteiger partial charge in [-0.05, 0) is 24.7 Å². The van der Waals surface area contributed by atoms with Gasteiger partial charge in [0.05, 0.1) is 0 Å². The van der Waals surface area contributed by atoms with Crippen molar-refractivity contribution in [3.05, 3.63) is 0 Å². The average molecular weight is 171 g/mol. The lowest BCUT2D eigenvalue weighted by molar-refractivity contribution is 0.197. The van der Waals surface area contributed by atoms with E-state index in [1.54, 1.807) is 0 Å². The molecule has 0 bridgehead atoms. The van der Waals surface area contributed by atoms with Crippen LogP contribution in [0.1, 0.15) is 19.3 Å². The Labute approximate surface area is 72.7 Å². The highest BCUT2D eigenvalue weighted by atomic mass is 16.3.